The number of rotatable bonds is 2. The average Bonchev–Trinajstić information content (AvgIpc) is 2.86. The number of anilines is 1. The molecular weight excluding hydrogens is 290 g/mol. The van der Waals surface area contributed by atoms with E-state index in [0.29, 0.717) is 6.04 Å². The van der Waals surface area contributed by atoms with Crippen LogP contribution in [0.4, 0.5) is 5.69 Å². The average molecular weight is 310 g/mol. The molecule has 0 amide bonds. The van der Waals surface area contributed by atoms with Gasteiger partial charge in [-0.15, -0.1) is 0 Å². The lowest BCUT2D eigenvalue weighted by atomic mass is 9.91. The molecule has 98 valence electrons. The van der Waals surface area contributed by atoms with Crippen LogP contribution in [0.25, 0.3) is 0 Å². The highest BCUT2D eigenvalue weighted by atomic mass is 79.9. The van der Waals surface area contributed by atoms with E-state index in [2.05, 4.69) is 33.0 Å². The van der Waals surface area contributed by atoms with Gasteiger partial charge in [-0.2, -0.15) is 0 Å². The lowest BCUT2D eigenvalue weighted by molar-refractivity contribution is 0.280. The topological polar surface area (TPSA) is 23.5 Å². The number of benzene rings is 1. The molecule has 0 bridgehead atoms. The molecule has 3 rings (SSSR count). The van der Waals surface area contributed by atoms with Gasteiger partial charge in [0.15, 0.2) is 0 Å². The molecule has 0 aromatic heterocycles. The molecule has 1 N–H and O–H groups in total. The molecule has 2 aliphatic rings. The summed E-state index contributed by atoms with van der Waals surface area (Å²) in [4.78, 5) is 2.55. The fraction of sp³-hybridized carbons (Fsp3) is 0.600. The number of aliphatic hydroxyl groups excluding tert-OH is 1. The lowest BCUT2D eigenvalue weighted by Crippen LogP contribution is -2.43. The zero-order chi connectivity index (χ0) is 12.5. The fourth-order valence-corrected chi connectivity index (χ4v) is 4.12. The second-order valence-electron chi connectivity index (χ2n) is 5.53. The van der Waals surface area contributed by atoms with Gasteiger partial charge in [0.05, 0.1) is 6.61 Å². The molecule has 1 aromatic carbocycles. The van der Waals surface area contributed by atoms with Gasteiger partial charge < -0.3 is 10.0 Å². The predicted octanol–water partition coefficient (Wildman–Crippen LogP) is 3.71. The first-order chi connectivity index (χ1) is 8.79. The largest absolute Gasteiger partial charge is 0.392 e. The molecule has 1 aliphatic carbocycles. The van der Waals surface area contributed by atoms with E-state index in [1.807, 2.05) is 6.07 Å². The van der Waals surface area contributed by atoms with Gasteiger partial charge >= 0.3 is 0 Å². The second kappa shape index (κ2) is 5.22. The third kappa shape index (κ3) is 2.19. The first-order valence-electron chi connectivity index (χ1n) is 6.95. The standard InChI is InChI=1S/C15H20BrNO/c16-13-6-7-15(12(9-13)10-18)17-8-2-4-11-3-1-5-14(11)17/h6-7,9,11,14,18H,1-5,8,10H2. The molecule has 2 unspecified atom stereocenters. The molecule has 0 spiro atoms. The molecule has 3 heteroatoms. The van der Waals surface area contributed by atoms with Crippen molar-refractivity contribution in [2.45, 2.75) is 44.8 Å². The highest BCUT2D eigenvalue weighted by Crippen LogP contribution is 2.40. The number of halogens is 1. The minimum Gasteiger partial charge on any atom is -0.392 e. The number of fused-ring (bicyclic) bond motifs is 1. The van der Waals surface area contributed by atoms with Crippen molar-refractivity contribution >= 4 is 21.6 Å². The van der Waals surface area contributed by atoms with E-state index >= 15 is 0 Å². The van der Waals surface area contributed by atoms with Gasteiger partial charge in [0, 0.05) is 28.3 Å². The van der Waals surface area contributed by atoms with Crippen molar-refractivity contribution in [2.24, 2.45) is 5.92 Å². The lowest BCUT2D eigenvalue weighted by Gasteiger charge is -2.40. The first-order valence-corrected chi connectivity index (χ1v) is 7.75. The molecule has 18 heavy (non-hydrogen) atoms. The molecule has 2 fully saturated rings. The Kier molecular flexibility index (Phi) is 3.62. The summed E-state index contributed by atoms with van der Waals surface area (Å²) in [5, 5.41) is 9.57. The van der Waals surface area contributed by atoms with Gasteiger partial charge in [-0.1, -0.05) is 22.4 Å². The van der Waals surface area contributed by atoms with E-state index in [4.69, 9.17) is 0 Å². The van der Waals surface area contributed by atoms with Crippen molar-refractivity contribution in [3.05, 3.63) is 28.2 Å². The van der Waals surface area contributed by atoms with Crippen molar-refractivity contribution in [2.75, 3.05) is 11.4 Å². The van der Waals surface area contributed by atoms with E-state index in [0.717, 1.165) is 22.5 Å². The van der Waals surface area contributed by atoms with E-state index < -0.39 is 0 Å². The predicted molar refractivity (Wildman–Crippen MR) is 77.8 cm³/mol. The van der Waals surface area contributed by atoms with Crippen LogP contribution < -0.4 is 4.90 Å². The molecule has 1 saturated carbocycles. The molecular formula is C15H20BrNO. The van der Waals surface area contributed by atoms with Crippen LogP contribution in [0.3, 0.4) is 0 Å². The molecule has 1 aliphatic heterocycles. The highest BCUT2D eigenvalue weighted by Gasteiger charge is 2.35. The van der Waals surface area contributed by atoms with Gasteiger partial charge in [-0.05, 0) is 49.8 Å². The Morgan fingerprint density at radius 3 is 2.89 bits per heavy atom. The van der Waals surface area contributed by atoms with Crippen LogP contribution in [0, 0.1) is 5.92 Å². The SMILES string of the molecule is OCc1cc(Br)ccc1N1CCCC2CCCC21. The molecule has 1 heterocycles. The Morgan fingerprint density at radius 1 is 1.22 bits per heavy atom. The zero-order valence-electron chi connectivity index (χ0n) is 10.6. The van der Waals surface area contributed by atoms with Crippen LogP contribution in [0.5, 0.6) is 0 Å². The summed E-state index contributed by atoms with van der Waals surface area (Å²) < 4.78 is 1.05. The minimum absolute atomic E-state index is 0.128. The van der Waals surface area contributed by atoms with Gasteiger partial charge in [0.25, 0.3) is 0 Å². The van der Waals surface area contributed by atoms with Crippen molar-refractivity contribution in [1.82, 2.24) is 0 Å². The summed E-state index contributed by atoms with van der Waals surface area (Å²) in [5.41, 5.74) is 2.30. The third-order valence-corrected chi connectivity index (χ3v) is 5.01. The summed E-state index contributed by atoms with van der Waals surface area (Å²) >= 11 is 3.49. The Labute approximate surface area is 117 Å². The Bertz CT molecular complexity index is 435. The third-order valence-electron chi connectivity index (χ3n) is 4.51. The van der Waals surface area contributed by atoms with Crippen LogP contribution in [0.2, 0.25) is 0 Å². The van der Waals surface area contributed by atoms with Crippen molar-refractivity contribution in [1.29, 1.82) is 0 Å². The summed E-state index contributed by atoms with van der Waals surface area (Å²) in [6.45, 7) is 1.28. The zero-order valence-corrected chi connectivity index (χ0v) is 12.2. The fourth-order valence-electron chi connectivity index (χ4n) is 3.71. The molecule has 1 saturated heterocycles. The Morgan fingerprint density at radius 2 is 2.06 bits per heavy atom. The Hall–Kier alpha value is -0.540. The van der Waals surface area contributed by atoms with Gasteiger partial charge in [0.1, 0.15) is 0 Å². The highest BCUT2D eigenvalue weighted by molar-refractivity contribution is 9.10. The number of aliphatic hydroxyl groups is 1. The molecule has 1 aromatic rings. The van der Waals surface area contributed by atoms with E-state index in [1.54, 1.807) is 0 Å². The summed E-state index contributed by atoms with van der Waals surface area (Å²) in [7, 11) is 0. The van der Waals surface area contributed by atoms with E-state index in [-0.39, 0.29) is 6.61 Å². The number of hydrogen-bond donors (Lipinski definition) is 1. The minimum atomic E-state index is 0.128. The van der Waals surface area contributed by atoms with Gasteiger partial charge in [-0.25, -0.2) is 0 Å². The van der Waals surface area contributed by atoms with E-state index in [9.17, 15) is 5.11 Å². The molecule has 0 radical (unpaired) electrons. The molecule has 2 nitrogen and oxygen atoms in total. The quantitative estimate of drug-likeness (QED) is 0.900. The smallest absolute Gasteiger partial charge is 0.0702 e. The summed E-state index contributed by atoms with van der Waals surface area (Å²) in [6.07, 6.45) is 6.78. The normalized spacial score (nSPS) is 27.3. The Balaban J connectivity index is 1.93. The van der Waals surface area contributed by atoms with E-state index in [1.165, 1.54) is 37.8 Å². The first kappa shape index (κ1) is 12.5. The van der Waals surface area contributed by atoms with Crippen LogP contribution in [0.1, 0.15) is 37.7 Å². The monoisotopic (exact) mass is 309 g/mol. The summed E-state index contributed by atoms with van der Waals surface area (Å²) in [6, 6.07) is 7.02. The van der Waals surface area contributed by atoms with Gasteiger partial charge in [0.2, 0.25) is 0 Å². The van der Waals surface area contributed by atoms with Crippen LogP contribution in [-0.4, -0.2) is 17.7 Å². The maximum Gasteiger partial charge on any atom is 0.0702 e. The molecule has 2 atom stereocenters. The second-order valence-corrected chi connectivity index (χ2v) is 6.44. The maximum absolute atomic E-state index is 9.57. The number of piperidine rings is 1. The van der Waals surface area contributed by atoms with Crippen LogP contribution in [0.15, 0.2) is 22.7 Å². The number of nitrogens with zero attached hydrogens (tertiary/aromatic N) is 1. The van der Waals surface area contributed by atoms with Crippen molar-refractivity contribution < 1.29 is 5.11 Å². The maximum atomic E-state index is 9.57. The van der Waals surface area contributed by atoms with Crippen molar-refractivity contribution in [3.8, 4) is 0 Å². The summed E-state index contributed by atoms with van der Waals surface area (Å²) in [5.74, 6) is 0.883. The number of hydrogen-bond acceptors (Lipinski definition) is 2. The van der Waals surface area contributed by atoms with Crippen LogP contribution >= 0.6 is 15.9 Å². The van der Waals surface area contributed by atoms with Gasteiger partial charge in [-0.3, -0.25) is 0 Å². The van der Waals surface area contributed by atoms with Crippen LogP contribution in [-0.2, 0) is 6.61 Å². The van der Waals surface area contributed by atoms with Crippen molar-refractivity contribution in [3.63, 3.8) is 0 Å².